The molecule has 0 saturated heterocycles. The minimum Gasteiger partial charge on any atom is -0.211 e. The van der Waals surface area contributed by atoms with E-state index in [-0.39, 0.29) is 13.0 Å². The van der Waals surface area contributed by atoms with Crippen LogP contribution in [0.25, 0.3) is 16.3 Å². The Labute approximate surface area is 178 Å². The summed E-state index contributed by atoms with van der Waals surface area (Å²) in [5.74, 6) is -0.0861. The molecule has 0 atom stereocenters. The molecule has 0 aliphatic heterocycles. The maximum atomic E-state index is 13.4. The van der Waals surface area contributed by atoms with Crippen molar-refractivity contribution < 1.29 is 26.0 Å². The molecule has 0 radical (unpaired) electrons. The summed E-state index contributed by atoms with van der Waals surface area (Å²) in [7, 11) is -4.13. The summed E-state index contributed by atoms with van der Waals surface area (Å²) < 4.78 is 80.5. The van der Waals surface area contributed by atoms with Crippen molar-refractivity contribution in [3.8, 4) is 11.4 Å². The average Bonchev–Trinajstić information content (AvgIpc) is 3.29. The number of thiazole rings is 1. The molecule has 0 saturated carbocycles. The van der Waals surface area contributed by atoms with E-state index in [4.69, 9.17) is 0 Å². The SMILES string of the molecule is O=S(=O)(NCCc1csc2nc(-c3cccc(F)c3)nn12)c1cccc(C(F)(F)F)c1. The third kappa shape index (κ3) is 4.60. The van der Waals surface area contributed by atoms with E-state index in [0.717, 1.165) is 18.2 Å². The number of rotatable bonds is 6. The highest BCUT2D eigenvalue weighted by molar-refractivity contribution is 7.89. The zero-order chi connectivity index (χ0) is 22.2. The van der Waals surface area contributed by atoms with E-state index in [9.17, 15) is 26.0 Å². The number of sulfonamides is 1. The third-order valence-corrected chi connectivity index (χ3v) is 6.70. The second-order valence-electron chi connectivity index (χ2n) is 6.54. The smallest absolute Gasteiger partial charge is 0.211 e. The molecule has 1 N–H and O–H groups in total. The molecule has 0 amide bonds. The summed E-state index contributed by atoms with van der Waals surface area (Å²) in [6.07, 6.45) is -4.41. The number of hydrogen-bond donors (Lipinski definition) is 1. The lowest BCUT2D eigenvalue weighted by molar-refractivity contribution is -0.137. The topological polar surface area (TPSA) is 76.4 Å². The molecular formula is C19H14F4N4O2S2. The fourth-order valence-corrected chi connectivity index (χ4v) is 4.82. The van der Waals surface area contributed by atoms with Gasteiger partial charge in [-0.25, -0.2) is 22.0 Å². The molecule has 2 aromatic heterocycles. The highest BCUT2D eigenvalue weighted by Crippen LogP contribution is 2.30. The lowest BCUT2D eigenvalue weighted by atomic mass is 10.2. The van der Waals surface area contributed by atoms with Crippen molar-refractivity contribution in [1.29, 1.82) is 0 Å². The first-order valence-corrected chi connectivity index (χ1v) is 11.3. The number of alkyl halides is 3. The van der Waals surface area contributed by atoms with Gasteiger partial charge >= 0.3 is 6.18 Å². The van der Waals surface area contributed by atoms with Crippen molar-refractivity contribution in [2.75, 3.05) is 6.54 Å². The Morgan fingerprint density at radius 1 is 1.10 bits per heavy atom. The van der Waals surface area contributed by atoms with Gasteiger partial charge in [0.05, 0.1) is 16.2 Å². The maximum Gasteiger partial charge on any atom is 0.416 e. The molecule has 4 aromatic rings. The Kier molecular flexibility index (Phi) is 5.54. The van der Waals surface area contributed by atoms with Crippen LogP contribution in [0.1, 0.15) is 11.3 Å². The van der Waals surface area contributed by atoms with Gasteiger partial charge in [-0.05, 0) is 30.3 Å². The number of nitrogens with one attached hydrogen (secondary N) is 1. The van der Waals surface area contributed by atoms with E-state index >= 15 is 0 Å². The molecule has 162 valence electrons. The van der Waals surface area contributed by atoms with Gasteiger partial charge in [0.2, 0.25) is 15.0 Å². The molecule has 0 unspecified atom stereocenters. The maximum absolute atomic E-state index is 13.4. The summed E-state index contributed by atoms with van der Waals surface area (Å²) >= 11 is 1.29. The number of hydrogen-bond acceptors (Lipinski definition) is 5. The molecule has 0 aliphatic carbocycles. The van der Waals surface area contributed by atoms with Gasteiger partial charge in [0.25, 0.3) is 0 Å². The number of halogens is 4. The van der Waals surface area contributed by atoms with Crippen molar-refractivity contribution in [1.82, 2.24) is 19.3 Å². The van der Waals surface area contributed by atoms with Crippen LogP contribution in [0.5, 0.6) is 0 Å². The van der Waals surface area contributed by atoms with Crippen molar-refractivity contribution in [2.45, 2.75) is 17.5 Å². The molecular weight excluding hydrogens is 456 g/mol. The molecule has 6 nitrogen and oxygen atoms in total. The van der Waals surface area contributed by atoms with Gasteiger partial charge in [-0.2, -0.15) is 18.2 Å². The summed E-state index contributed by atoms with van der Waals surface area (Å²) in [6, 6.07) is 9.38. The van der Waals surface area contributed by atoms with Crippen molar-refractivity contribution in [3.63, 3.8) is 0 Å². The Hall–Kier alpha value is -2.83. The van der Waals surface area contributed by atoms with Crippen LogP contribution < -0.4 is 4.72 Å². The molecule has 4 rings (SSSR count). The van der Waals surface area contributed by atoms with Gasteiger partial charge in [-0.1, -0.05) is 18.2 Å². The average molecular weight is 470 g/mol. The van der Waals surface area contributed by atoms with E-state index in [1.54, 1.807) is 17.5 Å². The first-order valence-electron chi connectivity index (χ1n) is 8.89. The van der Waals surface area contributed by atoms with E-state index in [1.165, 1.54) is 28.0 Å². The number of fused-ring (bicyclic) bond motifs is 1. The van der Waals surface area contributed by atoms with Crippen LogP contribution in [-0.2, 0) is 22.6 Å². The van der Waals surface area contributed by atoms with Gasteiger partial charge in [0, 0.05) is 23.9 Å². The predicted molar refractivity (Wildman–Crippen MR) is 107 cm³/mol. The molecule has 0 bridgehead atoms. The zero-order valence-electron chi connectivity index (χ0n) is 15.6. The lowest BCUT2D eigenvalue weighted by Crippen LogP contribution is -2.26. The van der Waals surface area contributed by atoms with Crippen molar-refractivity contribution in [3.05, 3.63) is 71.0 Å². The fraction of sp³-hybridized carbons (Fsp3) is 0.158. The van der Waals surface area contributed by atoms with E-state index < -0.39 is 32.5 Å². The van der Waals surface area contributed by atoms with Crippen LogP contribution in [0, 0.1) is 5.82 Å². The molecule has 2 heterocycles. The van der Waals surface area contributed by atoms with Crippen LogP contribution in [0.4, 0.5) is 17.6 Å². The second-order valence-corrected chi connectivity index (χ2v) is 9.14. The highest BCUT2D eigenvalue weighted by atomic mass is 32.2. The molecule has 0 aliphatic rings. The normalized spacial score (nSPS) is 12.5. The molecule has 0 spiro atoms. The Balaban J connectivity index is 1.48. The molecule has 0 fully saturated rings. The lowest BCUT2D eigenvalue weighted by Gasteiger charge is -2.10. The van der Waals surface area contributed by atoms with Crippen LogP contribution in [0.2, 0.25) is 0 Å². The quantitative estimate of drug-likeness (QED) is 0.430. The van der Waals surface area contributed by atoms with Gasteiger partial charge in [0.15, 0.2) is 5.82 Å². The Morgan fingerprint density at radius 3 is 2.61 bits per heavy atom. The Bertz CT molecular complexity index is 1350. The summed E-state index contributed by atoms with van der Waals surface area (Å²) in [4.78, 5) is 4.43. The van der Waals surface area contributed by atoms with Crippen molar-refractivity contribution >= 4 is 26.3 Å². The standard InChI is InChI=1S/C19H14F4N4O2S2/c20-14-5-1-3-12(9-14)17-25-18-27(26-17)15(11-30-18)7-8-24-31(28,29)16-6-2-4-13(10-16)19(21,22)23/h1-6,9-11,24H,7-8H2. The first kappa shape index (κ1) is 21.4. The van der Waals surface area contributed by atoms with Crippen LogP contribution >= 0.6 is 11.3 Å². The first-order chi connectivity index (χ1) is 14.6. The van der Waals surface area contributed by atoms with Crippen LogP contribution in [0.15, 0.2) is 58.8 Å². The van der Waals surface area contributed by atoms with E-state index in [0.29, 0.717) is 28.1 Å². The van der Waals surface area contributed by atoms with Gasteiger partial charge in [-0.15, -0.1) is 16.4 Å². The highest BCUT2D eigenvalue weighted by Gasteiger charge is 2.31. The van der Waals surface area contributed by atoms with Crippen molar-refractivity contribution in [2.24, 2.45) is 0 Å². The van der Waals surface area contributed by atoms with Crippen LogP contribution in [0.3, 0.4) is 0 Å². The van der Waals surface area contributed by atoms with E-state index in [1.807, 2.05) is 0 Å². The molecule has 12 heteroatoms. The number of aromatic nitrogens is 3. The summed E-state index contributed by atoms with van der Waals surface area (Å²) in [5.41, 5.74) is 0.122. The number of nitrogens with zero attached hydrogens (tertiary/aromatic N) is 3. The molecule has 31 heavy (non-hydrogen) atoms. The largest absolute Gasteiger partial charge is 0.416 e. The van der Waals surface area contributed by atoms with Gasteiger partial charge in [-0.3, -0.25) is 0 Å². The second kappa shape index (κ2) is 8.02. The summed E-state index contributed by atoms with van der Waals surface area (Å²) in [6.45, 7) is -0.0560. The summed E-state index contributed by atoms with van der Waals surface area (Å²) in [5, 5.41) is 6.10. The van der Waals surface area contributed by atoms with E-state index in [2.05, 4.69) is 14.8 Å². The number of benzene rings is 2. The third-order valence-electron chi connectivity index (χ3n) is 4.38. The molecule has 2 aromatic carbocycles. The van der Waals surface area contributed by atoms with Crippen LogP contribution in [-0.4, -0.2) is 29.6 Å². The minimum absolute atomic E-state index is 0.0560. The minimum atomic E-state index is -4.64. The zero-order valence-corrected chi connectivity index (χ0v) is 17.2. The predicted octanol–water partition coefficient (Wildman–Crippen LogP) is 4.14. The Morgan fingerprint density at radius 2 is 1.87 bits per heavy atom. The van der Waals surface area contributed by atoms with Gasteiger partial charge in [0.1, 0.15) is 5.82 Å². The van der Waals surface area contributed by atoms with Gasteiger partial charge < -0.3 is 0 Å². The monoisotopic (exact) mass is 470 g/mol. The fourth-order valence-electron chi connectivity index (χ4n) is 2.88.